The van der Waals surface area contributed by atoms with Crippen molar-refractivity contribution in [2.24, 2.45) is 0 Å². The van der Waals surface area contributed by atoms with Crippen LogP contribution in [0.1, 0.15) is 0 Å². The normalized spacial score (nSPS) is 13.2. The minimum absolute atomic E-state index is 0. The molecular formula is C98H74Ir3N18-12. The maximum absolute atomic E-state index is 4.47. The molecule has 18 nitrogen and oxygen atoms in total. The van der Waals surface area contributed by atoms with Gasteiger partial charge in [-0.1, -0.05) is 109 Å². The molecule has 3 radical (unpaired) electrons. The van der Waals surface area contributed by atoms with Crippen LogP contribution in [0.25, 0.3) is 0 Å². The molecule has 0 atom stereocenters. The van der Waals surface area contributed by atoms with Gasteiger partial charge >= 0.3 is 0 Å². The number of aromatic nitrogens is 6. The van der Waals surface area contributed by atoms with Crippen molar-refractivity contribution in [3.63, 3.8) is 0 Å². The molecule has 16 aromatic rings. The van der Waals surface area contributed by atoms with Gasteiger partial charge in [0.05, 0.1) is 11.9 Å². The molecule has 21 heteroatoms. The van der Waals surface area contributed by atoms with E-state index in [1.54, 1.807) is 31.1 Å². The Bertz CT molecular complexity index is 4940. The Balaban J connectivity index is 0.000000117. The van der Waals surface area contributed by atoms with E-state index in [2.05, 4.69) is 279 Å². The molecule has 595 valence electrons. The summed E-state index contributed by atoms with van der Waals surface area (Å²) in [5, 5.41) is 0. The third-order valence-electron chi connectivity index (χ3n) is 19.2. The molecule has 0 aliphatic carbocycles. The molecule has 0 saturated heterocycles. The average Bonchev–Trinajstić information content (AvgIpc) is 1.64. The first kappa shape index (κ1) is 82.2. The van der Waals surface area contributed by atoms with Crippen LogP contribution in [0.15, 0.2) is 377 Å². The number of fused-ring (bicyclic) bond motifs is 6. The molecule has 22 rings (SSSR count). The summed E-state index contributed by atoms with van der Waals surface area (Å²) in [5.41, 5.74) is 18.6. The van der Waals surface area contributed by atoms with Gasteiger partial charge in [0.25, 0.3) is 0 Å². The zero-order valence-corrected chi connectivity index (χ0v) is 71.5. The van der Waals surface area contributed by atoms with Crippen molar-refractivity contribution in [1.29, 1.82) is 0 Å². The summed E-state index contributed by atoms with van der Waals surface area (Å²) in [7, 11) is 3.92. The van der Waals surface area contributed by atoms with Crippen LogP contribution in [0.5, 0.6) is 0 Å². The average molecular weight is 2080 g/mol. The molecule has 6 aliphatic rings. The summed E-state index contributed by atoms with van der Waals surface area (Å²) in [6.07, 6.45) is 10.2. The van der Waals surface area contributed by atoms with Gasteiger partial charge < -0.3 is 58.8 Å². The fraction of sp³-hybridized carbons (Fsp3) is 0.0204. The molecule has 0 fully saturated rings. The van der Waals surface area contributed by atoms with E-state index >= 15 is 0 Å². The van der Waals surface area contributed by atoms with E-state index in [0.29, 0.717) is 0 Å². The second-order valence-electron chi connectivity index (χ2n) is 26.5. The first-order valence-electron chi connectivity index (χ1n) is 37.6. The van der Waals surface area contributed by atoms with E-state index in [-0.39, 0.29) is 60.3 Å². The van der Waals surface area contributed by atoms with E-state index in [0.717, 1.165) is 91.7 Å². The number of hydrogen-bond acceptors (Lipinski definition) is 18. The van der Waals surface area contributed by atoms with Gasteiger partial charge in [-0.2, -0.15) is 189 Å². The first-order chi connectivity index (χ1) is 57.5. The molecule has 9 heterocycles. The molecule has 0 spiro atoms. The molecule has 119 heavy (non-hydrogen) atoms. The van der Waals surface area contributed by atoms with Crippen molar-refractivity contribution in [2.45, 2.75) is 0 Å². The van der Waals surface area contributed by atoms with Crippen molar-refractivity contribution in [2.75, 3.05) is 72.9 Å². The minimum Gasteiger partial charge on any atom is -0.493 e. The summed E-state index contributed by atoms with van der Waals surface area (Å²) in [6, 6.07) is 134. The van der Waals surface area contributed by atoms with Crippen LogP contribution >= 0.6 is 0 Å². The SMILES string of the molecule is CN1[CH-]N(c2[c-]cccc2)c2cncnc21.CN1[CH-]N(c2[c-]cccc2)c2nccnc21.[Ir].[Ir].[Ir].[c-]1ccccc1N1[CH-]N(c2ccccc2)c2ccccc21.[c-]1ccccc1N1[CH-]N(c2ccccc2)c2ccccc21.[c-]1ccccc1N1[CH-]N(c2ccccc2)c2ccccc21.[c-]1ccccc1N1[CH-]N(c2ccccc2)c2nccnc21. The summed E-state index contributed by atoms with van der Waals surface area (Å²) < 4.78 is 0. The van der Waals surface area contributed by atoms with E-state index < -0.39 is 0 Å². The van der Waals surface area contributed by atoms with Crippen molar-refractivity contribution in [3.8, 4) is 0 Å². The Hall–Kier alpha value is -13.4. The number of para-hydroxylation sites is 16. The number of benzene rings is 13. The molecule has 0 amide bonds. The smallest absolute Gasteiger partial charge is 0.145 e. The van der Waals surface area contributed by atoms with Gasteiger partial charge in [-0.05, 0) is 99.0 Å². The van der Waals surface area contributed by atoms with Gasteiger partial charge in [-0.3, -0.25) is 0 Å². The molecule has 0 bridgehead atoms. The fourth-order valence-corrected chi connectivity index (χ4v) is 13.8. The monoisotopic (exact) mass is 2080 g/mol. The topological polar surface area (TPSA) is 116 Å². The fourth-order valence-electron chi connectivity index (χ4n) is 13.8. The van der Waals surface area contributed by atoms with E-state index in [9.17, 15) is 0 Å². The third-order valence-corrected chi connectivity index (χ3v) is 19.2. The molecule has 13 aromatic carbocycles. The molecule has 6 aliphatic heterocycles. The van der Waals surface area contributed by atoms with Crippen LogP contribution < -0.4 is 58.8 Å². The maximum Gasteiger partial charge on any atom is 0.145 e. The molecular weight excluding hydrogens is 2010 g/mol. The molecule has 0 N–H and O–H groups in total. The number of nitrogens with zero attached hydrogens (tertiary/aromatic N) is 18. The first-order valence-corrected chi connectivity index (χ1v) is 37.6. The quantitative estimate of drug-likeness (QED) is 0.121. The Morgan fingerprint density at radius 2 is 0.445 bits per heavy atom. The summed E-state index contributed by atoms with van der Waals surface area (Å²) in [6.45, 7) is 12.3. The number of anilines is 22. The third kappa shape index (κ3) is 18.4. The number of rotatable bonds is 10. The standard InChI is InChI=1S/3C19H14N2.C17H12N4.2C12H10N4.3Ir/c3*1-3-9-16(10-4-1)20-15-21(17-11-5-2-6-12-17)19-14-8-7-13-18(19)20;1-3-7-14(8-4-1)20-13-21(15-9-5-2-6-10-15)17-16(20)18-11-12-19-17;1-15-9-16(10-5-3-2-4-6-10)11-7-13-8-14-12(11)15;1-15-9-16(10-5-3-2-4-6-10)12-11(15)13-7-8-14-12;;;/h3*1-11,13-15H;1-9,11-13H;2*2-5,7-9H,1H3;;;/q6*-2;;;. The van der Waals surface area contributed by atoms with Crippen LogP contribution in [0.2, 0.25) is 0 Å². The molecule has 3 aromatic heterocycles. The molecule has 0 saturated carbocycles. The van der Waals surface area contributed by atoms with Crippen LogP contribution in [0.4, 0.5) is 126 Å². The summed E-state index contributed by atoms with van der Waals surface area (Å²) in [5.74, 6) is 4.24. The van der Waals surface area contributed by atoms with Crippen molar-refractivity contribution < 1.29 is 60.3 Å². The van der Waals surface area contributed by atoms with Crippen LogP contribution in [0.3, 0.4) is 0 Å². The Morgan fingerprint density at radius 1 is 0.210 bits per heavy atom. The van der Waals surface area contributed by atoms with Crippen molar-refractivity contribution in [1.82, 2.24) is 29.9 Å². The van der Waals surface area contributed by atoms with Crippen LogP contribution in [-0.4, -0.2) is 44.0 Å². The second-order valence-corrected chi connectivity index (χ2v) is 26.5. The van der Waals surface area contributed by atoms with Gasteiger partial charge in [0.15, 0.2) is 0 Å². The van der Waals surface area contributed by atoms with E-state index in [4.69, 9.17) is 0 Å². The zero-order chi connectivity index (χ0) is 78.2. The van der Waals surface area contributed by atoms with Gasteiger partial charge in [0.1, 0.15) is 35.4 Å². The predicted octanol–water partition coefficient (Wildman–Crippen LogP) is 22.3. The van der Waals surface area contributed by atoms with Gasteiger partial charge in [0, 0.05) is 142 Å². The number of hydrogen-bond donors (Lipinski definition) is 0. The zero-order valence-electron chi connectivity index (χ0n) is 64.3. The van der Waals surface area contributed by atoms with Crippen LogP contribution in [0, 0.1) is 76.4 Å². The molecule has 0 unspecified atom stereocenters. The largest absolute Gasteiger partial charge is 0.493 e. The van der Waals surface area contributed by atoms with Gasteiger partial charge in [-0.25, -0.2) is 29.9 Å². The predicted molar refractivity (Wildman–Crippen MR) is 467 cm³/mol. The van der Waals surface area contributed by atoms with Gasteiger partial charge in [-0.15, -0.1) is 67.5 Å². The Kier molecular flexibility index (Phi) is 27.3. The summed E-state index contributed by atoms with van der Waals surface area (Å²) in [4.78, 5) is 50.9. The van der Waals surface area contributed by atoms with Crippen molar-refractivity contribution in [3.05, 3.63) is 453 Å². The van der Waals surface area contributed by atoms with E-state index in [1.807, 2.05) is 246 Å². The minimum atomic E-state index is 0. The Labute approximate surface area is 736 Å². The maximum atomic E-state index is 4.47. The van der Waals surface area contributed by atoms with Crippen molar-refractivity contribution >= 4 is 126 Å². The second kappa shape index (κ2) is 39.5. The Morgan fingerprint density at radius 3 is 0.773 bits per heavy atom. The van der Waals surface area contributed by atoms with Crippen LogP contribution in [-0.2, 0) is 60.3 Å². The van der Waals surface area contributed by atoms with E-state index in [1.165, 1.54) is 34.1 Å². The van der Waals surface area contributed by atoms with Gasteiger partial charge in [0.2, 0.25) is 0 Å². The summed E-state index contributed by atoms with van der Waals surface area (Å²) >= 11 is 0.